The number of rotatable bonds is 12. The van der Waals surface area contributed by atoms with Crippen LogP contribution in [0.15, 0.2) is 46.9 Å². The second-order valence-corrected chi connectivity index (χ2v) is 10.8. The fraction of sp³-hybridized carbons (Fsp3) is 0.391. The van der Waals surface area contributed by atoms with Gasteiger partial charge in [0, 0.05) is 29.7 Å². The van der Waals surface area contributed by atoms with Crippen LogP contribution in [0.5, 0.6) is 5.75 Å². The number of methoxy groups -OCH3 is 1. The number of carbonyl (C=O) groups excluding carboxylic acids is 2. The van der Waals surface area contributed by atoms with Crippen molar-refractivity contribution in [3.63, 3.8) is 0 Å². The summed E-state index contributed by atoms with van der Waals surface area (Å²) in [5.41, 5.74) is 0.195. The molecule has 0 aliphatic heterocycles. The number of nitrogens with one attached hydrogen (secondary N) is 1. The highest BCUT2D eigenvalue weighted by atomic mass is 79.9. The van der Waals surface area contributed by atoms with Gasteiger partial charge in [0.2, 0.25) is 21.8 Å². The highest BCUT2D eigenvalue weighted by Gasteiger charge is 2.31. The number of ether oxygens (including phenoxy) is 1. The van der Waals surface area contributed by atoms with Gasteiger partial charge in [-0.15, -0.1) is 0 Å². The fourth-order valence-electron chi connectivity index (χ4n) is 3.35. The summed E-state index contributed by atoms with van der Waals surface area (Å²) in [6.07, 6.45) is 1.59. The number of carbonyl (C=O) groups is 2. The van der Waals surface area contributed by atoms with Gasteiger partial charge in [0.25, 0.3) is 5.69 Å². The SMILES string of the molecule is CCCNC(=O)[C@@H](C)N(Cc1ccc(Br)cc1)C(=O)CN(c1cc([N+](=O)[O-])ccc1OC)S(C)(=O)=O. The molecule has 0 saturated heterocycles. The molecule has 196 valence electrons. The minimum atomic E-state index is -4.08. The molecule has 0 aliphatic rings. The highest BCUT2D eigenvalue weighted by molar-refractivity contribution is 9.10. The maximum atomic E-state index is 13.5. The molecule has 0 saturated carbocycles. The second kappa shape index (κ2) is 12.7. The second-order valence-electron chi connectivity index (χ2n) is 8.00. The van der Waals surface area contributed by atoms with E-state index in [-0.39, 0.29) is 29.6 Å². The van der Waals surface area contributed by atoms with E-state index in [1.807, 2.05) is 6.92 Å². The van der Waals surface area contributed by atoms with Crippen LogP contribution in [-0.2, 0) is 26.2 Å². The van der Waals surface area contributed by atoms with Gasteiger partial charge in [-0.1, -0.05) is 35.0 Å². The third-order valence-corrected chi connectivity index (χ3v) is 6.96. The molecule has 0 spiro atoms. The van der Waals surface area contributed by atoms with Crippen molar-refractivity contribution in [2.45, 2.75) is 32.9 Å². The lowest BCUT2D eigenvalue weighted by molar-refractivity contribution is -0.384. The summed E-state index contributed by atoms with van der Waals surface area (Å²) < 4.78 is 32.2. The molecule has 0 aliphatic carbocycles. The van der Waals surface area contributed by atoms with Crippen LogP contribution in [0.2, 0.25) is 0 Å². The third kappa shape index (κ3) is 7.65. The normalized spacial score (nSPS) is 11.9. The van der Waals surface area contributed by atoms with Crippen molar-refractivity contribution >= 4 is 49.1 Å². The van der Waals surface area contributed by atoms with Crippen LogP contribution in [0.3, 0.4) is 0 Å². The summed E-state index contributed by atoms with van der Waals surface area (Å²) in [5, 5.41) is 14.1. The third-order valence-electron chi connectivity index (χ3n) is 5.30. The van der Waals surface area contributed by atoms with Gasteiger partial charge in [-0.05, 0) is 37.1 Å². The van der Waals surface area contributed by atoms with Gasteiger partial charge in [0.15, 0.2) is 0 Å². The van der Waals surface area contributed by atoms with E-state index >= 15 is 0 Å². The number of non-ortho nitro benzene ring substituents is 1. The molecule has 13 heteroatoms. The maximum absolute atomic E-state index is 13.5. The summed E-state index contributed by atoms with van der Waals surface area (Å²) >= 11 is 3.35. The first-order valence-electron chi connectivity index (χ1n) is 11.0. The number of nitro groups is 1. The minimum absolute atomic E-state index is 0.0343. The van der Waals surface area contributed by atoms with Crippen molar-refractivity contribution in [3.05, 3.63) is 62.6 Å². The van der Waals surface area contributed by atoms with Crippen molar-refractivity contribution in [2.24, 2.45) is 0 Å². The van der Waals surface area contributed by atoms with Crippen molar-refractivity contribution in [1.29, 1.82) is 0 Å². The first-order chi connectivity index (χ1) is 16.9. The van der Waals surface area contributed by atoms with E-state index in [9.17, 15) is 28.1 Å². The summed E-state index contributed by atoms with van der Waals surface area (Å²) in [7, 11) is -2.80. The molecule has 2 aromatic rings. The van der Waals surface area contributed by atoms with Crippen LogP contribution < -0.4 is 14.4 Å². The number of sulfonamides is 1. The zero-order chi connectivity index (χ0) is 27.0. The highest BCUT2D eigenvalue weighted by Crippen LogP contribution is 2.33. The Labute approximate surface area is 218 Å². The standard InChI is InChI=1S/C23H29BrN4O7S/c1-5-12-25-23(30)16(2)26(14-17-6-8-18(24)9-7-17)22(29)15-27(36(4,33)34)20-13-19(28(31)32)10-11-21(20)35-3/h6-11,13,16H,5,12,14-15H2,1-4H3,(H,25,30)/t16-/m1/s1. The topological polar surface area (TPSA) is 139 Å². The molecule has 0 bridgehead atoms. The number of hydrogen-bond donors (Lipinski definition) is 1. The number of amides is 2. The zero-order valence-corrected chi connectivity index (χ0v) is 22.8. The van der Waals surface area contributed by atoms with Crippen LogP contribution in [0, 0.1) is 10.1 Å². The van der Waals surface area contributed by atoms with E-state index < -0.39 is 33.4 Å². The Morgan fingerprint density at radius 3 is 2.36 bits per heavy atom. The Bertz CT molecular complexity index is 1210. The molecule has 36 heavy (non-hydrogen) atoms. The van der Waals surface area contributed by atoms with Crippen LogP contribution in [0.25, 0.3) is 0 Å². The smallest absolute Gasteiger partial charge is 0.271 e. The van der Waals surface area contributed by atoms with Gasteiger partial charge in [-0.2, -0.15) is 0 Å². The maximum Gasteiger partial charge on any atom is 0.271 e. The Morgan fingerprint density at radius 2 is 1.83 bits per heavy atom. The molecule has 0 unspecified atom stereocenters. The Balaban J connectivity index is 2.49. The van der Waals surface area contributed by atoms with Crippen molar-refractivity contribution < 1.29 is 27.7 Å². The van der Waals surface area contributed by atoms with Crippen molar-refractivity contribution in [1.82, 2.24) is 10.2 Å². The predicted molar refractivity (Wildman–Crippen MR) is 139 cm³/mol. The fourth-order valence-corrected chi connectivity index (χ4v) is 4.46. The van der Waals surface area contributed by atoms with E-state index in [1.54, 1.807) is 31.2 Å². The van der Waals surface area contributed by atoms with Crippen LogP contribution in [0.4, 0.5) is 11.4 Å². The van der Waals surface area contributed by atoms with Gasteiger partial charge in [-0.25, -0.2) is 8.42 Å². The molecule has 2 rings (SSSR count). The largest absolute Gasteiger partial charge is 0.495 e. The molecular weight excluding hydrogens is 556 g/mol. The molecule has 11 nitrogen and oxygen atoms in total. The van der Waals surface area contributed by atoms with Gasteiger partial charge in [-0.3, -0.25) is 24.0 Å². The average molecular weight is 585 g/mol. The number of hydrogen-bond acceptors (Lipinski definition) is 7. The summed E-state index contributed by atoms with van der Waals surface area (Å²) in [4.78, 5) is 38.2. The Hall–Kier alpha value is -3.19. The van der Waals surface area contributed by atoms with Crippen molar-refractivity contribution in [2.75, 3.05) is 30.8 Å². The van der Waals surface area contributed by atoms with E-state index in [1.165, 1.54) is 24.1 Å². The molecule has 2 amide bonds. The first kappa shape index (κ1) is 29.0. The molecule has 1 N–H and O–H groups in total. The molecular formula is C23H29BrN4O7S. The average Bonchev–Trinajstić information content (AvgIpc) is 2.83. The number of anilines is 1. The molecule has 0 fully saturated rings. The number of halogens is 1. The number of nitro benzene ring substituents is 1. The number of nitrogens with zero attached hydrogens (tertiary/aromatic N) is 3. The van der Waals surface area contributed by atoms with Gasteiger partial charge in [0.05, 0.1) is 18.3 Å². The van der Waals surface area contributed by atoms with Crippen LogP contribution >= 0.6 is 15.9 Å². The molecule has 1 atom stereocenters. The molecule has 0 radical (unpaired) electrons. The van der Waals surface area contributed by atoms with Gasteiger partial charge < -0.3 is 15.0 Å². The quantitative estimate of drug-likeness (QED) is 0.298. The summed E-state index contributed by atoms with van der Waals surface area (Å²) in [6.45, 7) is 3.21. The lowest BCUT2D eigenvalue weighted by Crippen LogP contribution is -2.51. The predicted octanol–water partition coefficient (Wildman–Crippen LogP) is 3.08. The molecule has 2 aromatic carbocycles. The lowest BCUT2D eigenvalue weighted by Gasteiger charge is -2.31. The zero-order valence-electron chi connectivity index (χ0n) is 20.4. The Morgan fingerprint density at radius 1 is 1.19 bits per heavy atom. The van der Waals surface area contributed by atoms with E-state index in [0.717, 1.165) is 26.7 Å². The van der Waals surface area contributed by atoms with E-state index in [2.05, 4.69) is 21.2 Å². The van der Waals surface area contributed by atoms with E-state index in [0.29, 0.717) is 13.0 Å². The summed E-state index contributed by atoms with van der Waals surface area (Å²) in [6, 6.07) is 9.68. The van der Waals surface area contributed by atoms with Crippen LogP contribution in [-0.4, -0.2) is 62.6 Å². The minimum Gasteiger partial charge on any atom is -0.495 e. The van der Waals surface area contributed by atoms with Gasteiger partial charge >= 0.3 is 0 Å². The summed E-state index contributed by atoms with van der Waals surface area (Å²) in [5.74, 6) is -1.02. The first-order valence-corrected chi connectivity index (χ1v) is 13.6. The lowest BCUT2D eigenvalue weighted by atomic mass is 10.1. The van der Waals surface area contributed by atoms with Crippen LogP contribution in [0.1, 0.15) is 25.8 Å². The monoisotopic (exact) mass is 584 g/mol. The molecule has 0 heterocycles. The van der Waals surface area contributed by atoms with Crippen molar-refractivity contribution in [3.8, 4) is 5.75 Å². The molecule has 0 aromatic heterocycles. The number of benzene rings is 2. The van der Waals surface area contributed by atoms with Gasteiger partial charge in [0.1, 0.15) is 24.0 Å². The van der Waals surface area contributed by atoms with E-state index in [4.69, 9.17) is 4.74 Å². The Kier molecular flexibility index (Phi) is 10.2.